The number of likely N-dealkylation sites (tertiary alicyclic amines) is 1. The molecule has 1 aromatic carbocycles. The zero-order valence-corrected chi connectivity index (χ0v) is 23.3. The second kappa shape index (κ2) is 14.1. The lowest BCUT2D eigenvalue weighted by Gasteiger charge is -2.44. The lowest BCUT2D eigenvalue weighted by atomic mass is 9.92. The van der Waals surface area contributed by atoms with E-state index in [1.54, 1.807) is 12.1 Å². The monoisotopic (exact) mass is 554 g/mol. The van der Waals surface area contributed by atoms with Gasteiger partial charge in [-0.2, -0.15) is 0 Å². The Balaban J connectivity index is 1.58. The number of carbonyl (C=O) groups excluding carboxylic acids is 2. The molecule has 1 amide bonds. The van der Waals surface area contributed by atoms with E-state index in [9.17, 15) is 30.0 Å². The molecule has 0 aromatic heterocycles. The Bertz CT molecular complexity index is 917. The van der Waals surface area contributed by atoms with Gasteiger partial charge in [-0.15, -0.1) is 11.8 Å². The summed E-state index contributed by atoms with van der Waals surface area (Å²) in [7, 11) is 1.89. The second-order valence-electron chi connectivity index (χ2n) is 10.4. The van der Waals surface area contributed by atoms with Crippen molar-refractivity contribution in [1.29, 1.82) is 0 Å². The number of aryl methyl sites for hydroxylation is 1. The van der Waals surface area contributed by atoms with Crippen molar-refractivity contribution in [3.8, 4) is 0 Å². The molecule has 2 saturated heterocycles. The quantitative estimate of drug-likeness (QED) is 0.195. The summed E-state index contributed by atoms with van der Waals surface area (Å²) in [5.74, 6) is -0.0774. The number of hydrogen-bond acceptors (Lipinski definition) is 10. The Morgan fingerprint density at radius 2 is 1.87 bits per heavy atom. The molecule has 0 unspecified atom stereocenters. The van der Waals surface area contributed by atoms with Gasteiger partial charge in [-0.1, -0.05) is 31.0 Å². The van der Waals surface area contributed by atoms with Crippen LogP contribution in [-0.2, 0) is 14.3 Å². The first-order valence-corrected chi connectivity index (χ1v) is 14.3. The first-order valence-electron chi connectivity index (χ1n) is 13.3. The second-order valence-corrected chi connectivity index (χ2v) is 11.6. The van der Waals surface area contributed by atoms with Gasteiger partial charge in [0.05, 0.1) is 23.8 Å². The number of rotatable bonds is 11. The highest BCUT2D eigenvalue weighted by Gasteiger charge is 2.48. The highest BCUT2D eigenvalue weighted by Crippen LogP contribution is 2.31. The van der Waals surface area contributed by atoms with Crippen molar-refractivity contribution in [3.63, 3.8) is 0 Å². The average molecular weight is 555 g/mol. The molecule has 38 heavy (non-hydrogen) atoms. The number of nitrogens with one attached hydrogen (secondary N) is 1. The zero-order valence-electron chi connectivity index (χ0n) is 22.5. The van der Waals surface area contributed by atoms with Crippen LogP contribution in [0.4, 0.5) is 0 Å². The summed E-state index contributed by atoms with van der Waals surface area (Å²) in [5, 5.41) is 45.0. The molecule has 0 radical (unpaired) electrons. The number of likely N-dealkylation sites (N-methyl/N-ethyl adjacent to an activating group) is 1. The third kappa shape index (κ3) is 7.68. The number of benzene rings is 1. The van der Waals surface area contributed by atoms with Gasteiger partial charge in [-0.05, 0) is 51.8 Å². The maximum absolute atomic E-state index is 13.1. The normalized spacial score (nSPS) is 31.5. The van der Waals surface area contributed by atoms with Gasteiger partial charge in [0.2, 0.25) is 5.91 Å². The number of amides is 1. The summed E-state index contributed by atoms with van der Waals surface area (Å²) in [5.41, 5.74) is 0.480. The number of nitrogens with zero attached hydrogens (tertiary/aromatic N) is 1. The summed E-state index contributed by atoms with van der Waals surface area (Å²) in [4.78, 5) is 27.3. The van der Waals surface area contributed by atoms with Crippen LogP contribution in [0.25, 0.3) is 0 Å². The van der Waals surface area contributed by atoms with Gasteiger partial charge >= 0.3 is 5.97 Å². The van der Waals surface area contributed by atoms with Crippen LogP contribution in [-0.4, -0.2) is 111 Å². The summed E-state index contributed by atoms with van der Waals surface area (Å²) in [6.07, 6.45) is -3.99. The Morgan fingerprint density at radius 3 is 2.50 bits per heavy atom. The first-order chi connectivity index (χ1) is 18.0. The van der Waals surface area contributed by atoms with E-state index < -0.39 is 48.0 Å². The van der Waals surface area contributed by atoms with E-state index in [0.717, 1.165) is 36.7 Å². The predicted molar refractivity (Wildman–Crippen MR) is 144 cm³/mol. The molecule has 10 nitrogen and oxygen atoms in total. The fourth-order valence-electron chi connectivity index (χ4n) is 5.15. The van der Waals surface area contributed by atoms with Gasteiger partial charge in [-0.3, -0.25) is 9.69 Å². The molecular weight excluding hydrogens is 512 g/mol. The van der Waals surface area contributed by atoms with Gasteiger partial charge in [0, 0.05) is 12.3 Å². The van der Waals surface area contributed by atoms with Crippen LogP contribution in [0, 0.1) is 12.8 Å². The fraction of sp³-hybridized carbons (Fsp3) is 0.704. The molecule has 9 atom stereocenters. The first kappa shape index (κ1) is 30.8. The van der Waals surface area contributed by atoms with Gasteiger partial charge in [0.15, 0.2) is 0 Å². The molecule has 2 aliphatic rings. The third-order valence-electron chi connectivity index (χ3n) is 7.31. The SMILES string of the molecule is CCC[C@@H]1C[C@@H](C(=O)N[C@@H]([C@H]2O[C@H](SCCOC(=O)c3ccc(C)cc3)[C@H](O)[C@@H](O)[C@H]2O)[C@@H](C)O)N(C)C1. The number of esters is 1. The summed E-state index contributed by atoms with van der Waals surface area (Å²) < 4.78 is 11.2. The van der Waals surface area contributed by atoms with Gasteiger partial charge in [0.25, 0.3) is 0 Å². The van der Waals surface area contributed by atoms with Crippen molar-refractivity contribution in [3.05, 3.63) is 35.4 Å². The number of aliphatic hydroxyl groups excluding tert-OH is 4. The average Bonchev–Trinajstić information content (AvgIpc) is 3.25. The van der Waals surface area contributed by atoms with E-state index in [1.807, 2.05) is 31.0 Å². The Kier molecular flexibility index (Phi) is 11.4. The minimum absolute atomic E-state index is 0.0385. The van der Waals surface area contributed by atoms with E-state index in [4.69, 9.17) is 9.47 Å². The van der Waals surface area contributed by atoms with E-state index in [2.05, 4.69) is 12.2 Å². The molecule has 5 N–H and O–H groups in total. The van der Waals surface area contributed by atoms with E-state index in [1.165, 1.54) is 6.92 Å². The summed E-state index contributed by atoms with van der Waals surface area (Å²) >= 11 is 1.11. The van der Waals surface area contributed by atoms with Crippen molar-refractivity contribution in [1.82, 2.24) is 10.2 Å². The van der Waals surface area contributed by atoms with Crippen LogP contribution in [0.2, 0.25) is 0 Å². The molecule has 2 heterocycles. The standard InChI is InChI=1S/C27H42N2O8S/c1-5-6-17-13-19(29(4)14-17)25(34)28-20(16(3)30)24-22(32)21(31)23(33)27(37-24)38-12-11-36-26(35)18-9-7-15(2)8-10-18/h7-10,16-17,19-24,27,30-33H,5-6,11-14H2,1-4H3,(H,28,34)/t16-,17-,19+,20-,21+,22-,23-,24-,27-/m1/s1. The van der Waals surface area contributed by atoms with Crippen molar-refractivity contribution in [2.24, 2.45) is 5.92 Å². The topological polar surface area (TPSA) is 149 Å². The number of ether oxygens (including phenoxy) is 2. The number of aliphatic hydroxyl groups is 4. The number of hydrogen-bond donors (Lipinski definition) is 5. The number of thioether (sulfide) groups is 1. The minimum atomic E-state index is -1.55. The third-order valence-corrected chi connectivity index (χ3v) is 8.43. The van der Waals surface area contributed by atoms with Crippen LogP contribution >= 0.6 is 11.8 Å². The molecule has 2 fully saturated rings. The Hall–Kier alpha value is -1.73. The molecule has 1 aromatic rings. The predicted octanol–water partition coefficient (Wildman–Crippen LogP) is 0.679. The molecule has 3 rings (SSSR count). The number of carbonyl (C=O) groups is 2. The minimum Gasteiger partial charge on any atom is -0.461 e. The molecule has 0 bridgehead atoms. The zero-order chi connectivity index (χ0) is 28.0. The van der Waals surface area contributed by atoms with Crippen LogP contribution in [0.3, 0.4) is 0 Å². The van der Waals surface area contributed by atoms with E-state index >= 15 is 0 Å². The largest absolute Gasteiger partial charge is 0.461 e. The van der Waals surface area contributed by atoms with Crippen LogP contribution in [0.15, 0.2) is 24.3 Å². The molecule has 0 spiro atoms. The van der Waals surface area contributed by atoms with Gasteiger partial charge < -0.3 is 35.2 Å². The Labute approximate surface area is 228 Å². The van der Waals surface area contributed by atoms with Crippen molar-refractivity contribution >= 4 is 23.6 Å². The molecule has 0 aliphatic carbocycles. The van der Waals surface area contributed by atoms with Gasteiger partial charge in [-0.25, -0.2) is 4.79 Å². The molecule has 11 heteroatoms. The highest BCUT2D eigenvalue weighted by molar-refractivity contribution is 7.99. The summed E-state index contributed by atoms with van der Waals surface area (Å²) in [6.45, 7) is 6.36. The molecule has 0 saturated carbocycles. The Morgan fingerprint density at radius 1 is 1.18 bits per heavy atom. The fourth-order valence-corrected chi connectivity index (χ4v) is 6.12. The maximum atomic E-state index is 13.1. The maximum Gasteiger partial charge on any atom is 0.338 e. The van der Waals surface area contributed by atoms with Crippen LogP contribution in [0.1, 0.15) is 49.0 Å². The van der Waals surface area contributed by atoms with Gasteiger partial charge in [0.1, 0.15) is 36.5 Å². The van der Waals surface area contributed by atoms with Crippen molar-refractivity contribution in [2.75, 3.05) is 26.0 Å². The summed E-state index contributed by atoms with van der Waals surface area (Å²) in [6, 6.07) is 5.61. The van der Waals surface area contributed by atoms with Crippen LogP contribution in [0.5, 0.6) is 0 Å². The van der Waals surface area contributed by atoms with E-state index in [-0.39, 0.29) is 24.3 Å². The van der Waals surface area contributed by atoms with E-state index in [0.29, 0.717) is 17.9 Å². The van der Waals surface area contributed by atoms with Crippen molar-refractivity contribution in [2.45, 2.75) is 88.1 Å². The smallest absolute Gasteiger partial charge is 0.338 e. The van der Waals surface area contributed by atoms with Crippen molar-refractivity contribution < 1.29 is 39.5 Å². The van der Waals surface area contributed by atoms with Crippen LogP contribution < -0.4 is 5.32 Å². The molecule has 214 valence electrons. The lowest BCUT2D eigenvalue weighted by Crippen LogP contribution is -2.65. The molecular formula is C27H42N2O8S. The lowest BCUT2D eigenvalue weighted by molar-refractivity contribution is -0.211. The molecule has 2 aliphatic heterocycles. The highest BCUT2D eigenvalue weighted by atomic mass is 32.2.